The fourth-order valence-electron chi connectivity index (χ4n) is 3.09. The van der Waals surface area contributed by atoms with E-state index in [0.29, 0.717) is 12.2 Å². The number of epoxide rings is 1. The SMILES string of the molecule is O=C(Nc1ccccc1Br)C1OC1C(=O)N(Cc1ccccc1)c1ccccc1. The van der Waals surface area contributed by atoms with Gasteiger partial charge < -0.3 is 15.0 Å². The molecule has 5 nitrogen and oxygen atoms in total. The second kappa shape index (κ2) is 8.59. The van der Waals surface area contributed by atoms with Gasteiger partial charge in [0.25, 0.3) is 11.8 Å². The minimum atomic E-state index is -0.795. The number of para-hydroxylation sites is 2. The van der Waals surface area contributed by atoms with Gasteiger partial charge in [-0.1, -0.05) is 60.7 Å². The highest BCUT2D eigenvalue weighted by atomic mass is 79.9. The van der Waals surface area contributed by atoms with E-state index >= 15 is 0 Å². The summed E-state index contributed by atoms with van der Waals surface area (Å²) in [5.74, 6) is -0.560. The first-order chi connectivity index (χ1) is 14.1. The third kappa shape index (κ3) is 4.55. The van der Waals surface area contributed by atoms with Gasteiger partial charge in [0.2, 0.25) is 0 Å². The average molecular weight is 451 g/mol. The van der Waals surface area contributed by atoms with Crippen LogP contribution in [0.1, 0.15) is 5.56 Å². The molecule has 146 valence electrons. The molecular weight excluding hydrogens is 432 g/mol. The van der Waals surface area contributed by atoms with E-state index in [1.165, 1.54) is 0 Å². The Kier molecular flexibility index (Phi) is 5.74. The lowest BCUT2D eigenvalue weighted by atomic mass is 10.1. The highest BCUT2D eigenvalue weighted by Gasteiger charge is 2.52. The number of rotatable bonds is 6. The largest absolute Gasteiger partial charge is 0.349 e. The fourth-order valence-corrected chi connectivity index (χ4v) is 3.47. The Bertz CT molecular complexity index is 1010. The minimum absolute atomic E-state index is 0.229. The summed E-state index contributed by atoms with van der Waals surface area (Å²) in [6.07, 6.45) is -1.59. The van der Waals surface area contributed by atoms with Crippen molar-refractivity contribution in [1.29, 1.82) is 0 Å². The molecule has 1 fully saturated rings. The first-order valence-electron chi connectivity index (χ1n) is 9.25. The van der Waals surface area contributed by atoms with Crippen LogP contribution in [-0.2, 0) is 20.9 Å². The van der Waals surface area contributed by atoms with Gasteiger partial charge in [-0.3, -0.25) is 9.59 Å². The number of hydrogen-bond donors (Lipinski definition) is 1. The molecule has 2 atom stereocenters. The van der Waals surface area contributed by atoms with Gasteiger partial charge in [0.05, 0.1) is 12.2 Å². The first kappa shape index (κ1) is 19.4. The summed E-state index contributed by atoms with van der Waals surface area (Å²) in [5.41, 5.74) is 2.41. The van der Waals surface area contributed by atoms with Gasteiger partial charge in [0, 0.05) is 10.2 Å². The number of ether oxygens (including phenoxy) is 1. The third-order valence-electron chi connectivity index (χ3n) is 4.64. The zero-order valence-electron chi connectivity index (χ0n) is 15.5. The molecule has 2 unspecified atom stereocenters. The molecular formula is C23H19BrN2O3. The van der Waals surface area contributed by atoms with E-state index in [9.17, 15) is 9.59 Å². The van der Waals surface area contributed by atoms with E-state index in [2.05, 4.69) is 21.2 Å². The van der Waals surface area contributed by atoms with Gasteiger partial charge >= 0.3 is 0 Å². The molecule has 0 aromatic heterocycles. The van der Waals surface area contributed by atoms with Crippen LogP contribution in [0.3, 0.4) is 0 Å². The summed E-state index contributed by atoms with van der Waals surface area (Å²) in [4.78, 5) is 27.3. The number of benzene rings is 3. The van der Waals surface area contributed by atoms with Crippen molar-refractivity contribution in [3.8, 4) is 0 Å². The molecule has 0 aliphatic carbocycles. The van der Waals surface area contributed by atoms with E-state index < -0.39 is 12.2 Å². The number of anilines is 2. The predicted molar refractivity (Wildman–Crippen MR) is 116 cm³/mol. The zero-order valence-corrected chi connectivity index (χ0v) is 17.1. The van der Waals surface area contributed by atoms with Crippen molar-refractivity contribution in [3.05, 3.63) is 95.0 Å². The maximum Gasteiger partial charge on any atom is 0.259 e. The average Bonchev–Trinajstić information content (AvgIpc) is 3.56. The lowest BCUT2D eigenvalue weighted by Crippen LogP contribution is -2.36. The molecule has 1 aliphatic rings. The van der Waals surface area contributed by atoms with Crippen molar-refractivity contribution in [2.24, 2.45) is 0 Å². The molecule has 0 spiro atoms. The highest BCUT2D eigenvalue weighted by molar-refractivity contribution is 9.10. The summed E-state index contributed by atoms with van der Waals surface area (Å²) in [6, 6.07) is 26.5. The summed E-state index contributed by atoms with van der Waals surface area (Å²) in [5, 5.41) is 2.80. The zero-order chi connectivity index (χ0) is 20.2. The van der Waals surface area contributed by atoms with Crippen LogP contribution in [0, 0.1) is 0 Å². The normalized spacial score (nSPS) is 17.4. The van der Waals surface area contributed by atoms with Crippen molar-refractivity contribution in [2.45, 2.75) is 18.8 Å². The second-order valence-corrected chi connectivity index (χ2v) is 7.55. The van der Waals surface area contributed by atoms with Crippen LogP contribution < -0.4 is 10.2 Å². The van der Waals surface area contributed by atoms with Gasteiger partial charge in [0.1, 0.15) is 0 Å². The van der Waals surface area contributed by atoms with Crippen molar-refractivity contribution < 1.29 is 14.3 Å². The second-order valence-electron chi connectivity index (χ2n) is 6.69. The number of nitrogens with one attached hydrogen (secondary N) is 1. The number of carbonyl (C=O) groups excluding carboxylic acids is 2. The number of carbonyl (C=O) groups is 2. The van der Waals surface area contributed by atoms with E-state index in [1.54, 1.807) is 11.0 Å². The van der Waals surface area contributed by atoms with E-state index in [-0.39, 0.29) is 11.8 Å². The first-order valence-corrected chi connectivity index (χ1v) is 10.0. The fraction of sp³-hybridized carbons (Fsp3) is 0.130. The maximum atomic E-state index is 13.2. The molecule has 0 radical (unpaired) electrons. The monoisotopic (exact) mass is 450 g/mol. The summed E-state index contributed by atoms with van der Waals surface area (Å²) < 4.78 is 6.24. The van der Waals surface area contributed by atoms with E-state index in [1.807, 2.05) is 78.9 Å². The van der Waals surface area contributed by atoms with Crippen molar-refractivity contribution in [1.82, 2.24) is 0 Å². The van der Waals surface area contributed by atoms with Gasteiger partial charge in [0.15, 0.2) is 12.2 Å². The Morgan fingerprint density at radius 3 is 2.17 bits per heavy atom. The Balaban J connectivity index is 1.48. The Morgan fingerprint density at radius 2 is 1.48 bits per heavy atom. The molecule has 1 saturated heterocycles. The Labute approximate surface area is 177 Å². The Morgan fingerprint density at radius 1 is 0.862 bits per heavy atom. The topological polar surface area (TPSA) is 61.9 Å². The Hall–Kier alpha value is -2.96. The van der Waals surface area contributed by atoms with Gasteiger partial charge in [-0.15, -0.1) is 0 Å². The molecule has 1 heterocycles. The van der Waals surface area contributed by atoms with Crippen molar-refractivity contribution >= 4 is 39.1 Å². The van der Waals surface area contributed by atoms with Crippen LogP contribution in [0.2, 0.25) is 0 Å². The van der Waals surface area contributed by atoms with Crippen LogP contribution in [0.5, 0.6) is 0 Å². The molecule has 6 heteroatoms. The lowest BCUT2D eigenvalue weighted by molar-refractivity contribution is -0.120. The standard InChI is InChI=1S/C23H19BrN2O3/c24-18-13-7-8-14-19(18)25-22(27)20-21(29-20)23(28)26(17-11-5-2-6-12-17)15-16-9-3-1-4-10-16/h1-14,20-21H,15H2,(H,25,27). The number of nitrogens with zero attached hydrogens (tertiary/aromatic N) is 1. The van der Waals surface area contributed by atoms with Gasteiger partial charge in [-0.25, -0.2) is 0 Å². The van der Waals surface area contributed by atoms with Crippen LogP contribution in [0.15, 0.2) is 89.4 Å². The molecule has 4 rings (SSSR count). The smallest absolute Gasteiger partial charge is 0.259 e. The van der Waals surface area contributed by atoms with Crippen molar-refractivity contribution in [3.63, 3.8) is 0 Å². The number of amides is 2. The molecule has 1 aliphatic heterocycles. The van der Waals surface area contributed by atoms with Crippen LogP contribution in [-0.4, -0.2) is 24.0 Å². The summed E-state index contributed by atoms with van der Waals surface area (Å²) >= 11 is 3.40. The summed E-state index contributed by atoms with van der Waals surface area (Å²) in [7, 11) is 0. The molecule has 1 N–H and O–H groups in total. The quantitative estimate of drug-likeness (QED) is 0.566. The predicted octanol–water partition coefficient (Wildman–Crippen LogP) is 4.39. The van der Waals surface area contributed by atoms with Crippen LogP contribution in [0.25, 0.3) is 0 Å². The van der Waals surface area contributed by atoms with Gasteiger partial charge in [-0.2, -0.15) is 0 Å². The van der Waals surface area contributed by atoms with E-state index in [4.69, 9.17) is 4.74 Å². The van der Waals surface area contributed by atoms with Crippen LogP contribution >= 0.6 is 15.9 Å². The van der Waals surface area contributed by atoms with Crippen LogP contribution in [0.4, 0.5) is 11.4 Å². The third-order valence-corrected chi connectivity index (χ3v) is 5.33. The molecule has 3 aromatic rings. The highest BCUT2D eigenvalue weighted by Crippen LogP contribution is 2.30. The molecule has 29 heavy (non-hydrogen) atoms. The lowest BCUT2D eigenvalue weighted by Gasteiger charge is -2.22. The molecule has 0 saturated carbocycles. The minimum Gasteiger partial charge on any atom is -0.349 e. The van der Waals surface area contributed by atoms with Gasteiger partial charge in [-0.05, 0) is 45.8 Å². The molecule has 0 bridgehead atoms. The summed E-state index contributed by atoms with van der Waals surface area (Å²) in [6.45, 7) is 0.405. The number of halogens is 1. The number of hydrogen-bond acceptors (Lipinski definition) is 3. The van der Waals surface area contributed by atoms with Crippen molar-refractivity contribution in [2.75, 3.05) is 10.2 Å². The maximum absolute atomic E-state index is 13.2. The molecule has 3 aromatic carbocycles. The van der Waals surface area contributed by atoms with E-state index in [0.717, 1.165) is 15.7 Å². The molecule has 2 amide bonds.